The van der Waals surface area contributed by atoms with Crippen LogP contribution in [0.4, 0.5) is 5.69 Å². The van der Waals surface area contributed by atoms with Gasteiger partial charge in [-0.2, -0.15) is 0 Å². The summed E-state index contributed by atoms with van der Waals surface area (Å²) in [5, 5.41) is 2.89. The Balaban J connectivity index is 2.01. The average molecular weight is 234 g/mol. The normalized spacial score (nSPS) is 19.9. The summed E-state index contributed by atoms with van der Waals surface area (Å²) >= 11 is 0. The lowest BCUT2D eigenvalue weighted by molar-refractivity contribution is -0.129. The predicted octanol–water partition coefficient (Wildman–Crippen LogP) is 1.65. The van der Waals surface area contributed by atoms with Gasteiger partial charge in [-0.25, -0.2) is 0 Å². The van der Waals surface area contributed by atoms with Crippen molar-refractivity contribution in [1.82, 2.24) is 0 Å². The molecule has 0 aliphatic carbocycles. The van der Waals surface area contributed by atoms with Gasteiger partial charge in [-0.05, 0) is 30.9 Å². The minimum atomic E-state index is -0.311. The van der Waals surface area contributed by atoms with Crippen LogP contribution in [0.15, 0.2) is 24.3 Å². The Morgan fingerprint density at radius 3 is 2.94 bits per heavy atom. The monoisotopic (exact) mass is 234 g/mol. The average Bonchev–Trinajstić information content (AvgIpc) is 2.40. The number of hydrogen-bond acceptors (Lipinski definition) is 3. The molecule has 0 radical (unpaired) electrons. The van der Waals surface area contributed by atoms with E-state index < -0.39 is 0 Å². The van der Waals surface area contributed by atoms with Crippen LogP contribution < -0.4 is 11.1 Å². The van der Waals surface area contributed by atoms with Gasteiger partial charge in [0.2, 0.25) is 0 Å². The zero-order valence-corrected chi connectivity index (χ0v) is 9.82. The van der Waals surface area contributed by atoms with Gasteiger partial charge in [0.15, 0.2) is 0 Å². The molecule has 1 atom stereocenters. The fourth-order valence-electron chi connectivity index (χ4n) is 1.98. The minimum absolute atomic E-state index is 0.0643. The van der Waals surface area contributed by atoms with Crippen LogP contribution in [-0.4, -0.2) is 18.6 Å². The molecule has 17 heavy (non-hydrogen) atoms. The van der Waals surface area contributed by atoms with Gasteiger partial charge in [0.25, 0.3) is 5.91 Å². The Morgan fingerprint density at radius 2 is 2.24 bits per heavy atom. The Morgan fingerprint density at radius 1 is 1.41 bits per heavy atom. The fourth-order valence-corrected chi connectivity index (χ4v) is 1.98. The molecule has 1 aliphatic heterocycles. The molecule has 0 saturated carbocycles. The number of para-hydroxylation sites is 1. The molecule has 92 valence electrons. The Bertz CT molecular complexity index is 387. The Labute approximate surface area is 101 Å². The van der Waals surface area contributed by atoms with E-state index in [9.17, 15) is 4.79 Å². The topological polar surface area (TPSA) is 64.3 Å². The van der Waals surface area contributed by atoms with Gasteiger partial charge in [0, 0.05) is 18.8 Å². The largest absolute Gasteiger partial charge is 0.368 e. The smallest absolute Gasteiger partial charge is 0.253 e. The quantitative estimate of drug-likeness (QED) is 0.835. The lowest BCUT2D eigenvalue weighted by Gasteiger charge is -2.22. The second kappa shape index (κ2) is 5.80. The maximum absolute atomic E-state index is 12.0. The standard InChI is InChI=1S/C13H18N2O2/c14-9-10-5-1-2-6-11(10)15-13(16)12-7-3-4-8-17-12/h1-2,5-6,12H,3-4,7-9,14H2,(H,15,16). The number of nitrogens with one attached hydrogen (secondary N) is 1. The molecule has 1 aliphatic rings. The highest BCUT2D eigenvalue weighted by Crippen LogP contribution is 2.18. The zero-order valence-electron chi connectivity index (χ0n) is 9.82. The van der Waals surface area contributed by atoms with Crippen LogP contribution in [0.1, 0.15) is 24.8 Å². The molecule has 0 aromatic heterocycles. The predicted molar refractivity (Wildman–Crippen MR) is 66.6 cm³/mol. The van der Waals surface area contributed by atoms with Crippen molar-refractivity contribution in [3.05, 3.63) is 29.8 Å². The van der Waals surface area contributed by atoms with Gasteiger partial charge in [0.1, 0.15) is 6.10 Å². The summed E-state index contributed by atoms with van der Waals surface area (Å²) in [7, 11) is 0. The molecule has 1 amide bonds. The molecule has 1 heterocycles. The van der Waals surface area contributed by atoms with Gasteiger partial charge < -0.3 is 15.8 Å². The Kier molecular flexibility index (Phi) is 4.12. The summed E-state index contributed by atoms with van der Waals surface area (Å²) in [4.78, 5) is 12.0. The van der Waals surface area contributed by atoms with Crippen LogP contribution in [0.2, 0.25) is 0 Å². The summed E-state index contributed by atoms with van der Waals surface area (Å²) in [5.41, 5.74) is 7.35. The number of carbonyl (C=O) groups excluding carboxylic acids is 1. The van der Waals surface area contributed by atoms with Crippen LogP contribution in [0.25, 0.3) is 0 Å². The van der Waals surface area contributed by atoms with Gasteiger partial charge in [0.05, 0.1) is 0 Å². The summed E-state index contributed by atoms with van der Waals surface area (Å²) in [5.74, 6) is -0.0643. The molecule has 0 bridgehead atoms. The molecule has 2 rings (SSSR count). The first kappa shape index (κ1) is 12.1. The number of amides is 1. The summed E-state index contributed by atoms with van der Waals surface area (Å²) in [6.07, 6.45) is 2.59. The third-order valence-corrected chi connectivity index (χ3v) is 2.97. The van der Waals surface area contributed by atoms with E-state index >= 15 is 0 Å². The lowest BCUT2D eigenvalue weighted by atomic mass is 10.1. The highest BCUT2D eigenvalue weighted by molar-refractivity contribution is 5.94. The van der Waals surface area contributed by atoms with Crippen LogP contribution >= 0.6 is 0 Å². The first-order chi connectivity index (χ1) is 8.31. The number of rotatable bonds is 3. The first-order valence-corrected chi connectivity index (χ1v) is 6.01. The number of anilines is 1. The lowest BCUT2D eigenvalue weighted by Crippen LogP contribution is -2.33. The molecule has 1 aromatic rings. The molecular formula is C13H18N2O2. The molecule has 4 heteroatoms. The maximum Gasteiger partial charge on any atom is 0.253 e. The number of benzene rings is 1. The first-order valence-electron chi connectivity index (χ1n) is 6.01. The molecule has 1 fully saturated rings. The third kappa shape index (κ3) is 3.05. The van der Waals surface area contributed by atoms with Gasteiger partial charge in [-0.15, -0.1) is 0 Å². The molecule has 4 nitrogen and oxygen atoms in total. The molecule has 0 spiro atoms. The molecule has 3 N–H and O–H groups in total. The van der Waals surface area contributed by atoms with Crippen molar-refractivity contribution in [2.45, 2.75) is 31.9 Å². The second-order valence-corrected chi connectivity index (χ2v) is 4.21. The van der Waals surface area contributed by atoms with E-state index in [4.69, 9.17) is 10.5 Å². The van der Waals surface area contributed by atoms with Crippen molar-refractivity contribution in [3.63, 3.8) is 0 Å². The molecule has 1 aromatic carbocycles. The number of carbonyl (C=O) groups is 1. The van der Waals surface area contributed by atoms with E-state index in [0.29, 0.717) is 13.2 Å². The minimum Gasteiger partial charge on any atom is -0.368 e. The van der Waals surface area contributed by atoms with Crippen LogP contribution in [-0.2, 0) is 16.1 Å². The van der Waals surface area contributed by atoms with E-state index in [1.165, 1.54) is 0 Å². The van der Waals surface area contributed by atoms with E-state index in [0.717, 1.165) is 30.5 Å². The van der Waals surface area contributed by atoms with Crippen molar-refractivity contribution in [2.24, 2.45) is 5.73 Å². The zero-order chi connectivity index (χ0) is 12.1. The number of hydrogen-bond donors (Lipinski definition) is 2. The second-order valence-electron chi connectivity index (χ2n) is 4.21. The van der Waals surface area contributed by atoms with Crippen LogP contribution in [0.5, 0.6) is 0 Å². The fraction of sp³-hybridized carbons (Fsp3) is 0.462. The number of nitrogens with two attached hydrogens (primary N) is 1. The van der Waals surface area contributed by atoms with Gasteiger partial charge in [-0.3, -0.25) is 4.79 Å². The van der Waals surface area contributed by atoms with Crippen molar-refractivity contribution in [3.8, 4) is 0 Å². The Hall–Kier alpha value is -1.39. The van der Waals surface area contributed by atoms with Crippen LogP contribution in [0.3, 0.4) is 0 Å². The third-order valence-electron chi connectivity index (χ3n) is 2.97. The summed E-state index contributed by atoms with van der Waals surface area (Å²) in [6, 6.07) is 7.58. The van der Waals surface area contributed by atoms with Crippen molar-refractivity contribution in [1.29, 1.82) is 0 Å². The van der Waals surface area contributed by atoms with Crippen molar-refractivity contribution >= 4 is 11.6 Å². The van der Waals surface area contributed by atoms with Gasteiger partial charge >= 0.3 is 0 Å². The van der Waals surface area contributed by atoms with E-state index in [-0.39, 0.29) is 12.0 Å². The molecule has 1 saturated heterocycles. The maximum atomic E-state index is 12.0. The van der Waals surface area contributed by atoms with Gasteiger partial charge in [-0.1, -0.05) is 18.2 Å². The summed E-state index contributed by atoms with van der Waals surface area (Å²) in [6.45, 7) is 1.10. The highest BCUT2D eigenvalue weighted by atomic mass is 16.5. The number of ether oxygens (including phenoxy) is 1. The SMILES string of the molecule is NCc1ccccc1NC(=O)C1CCCCO1. The summed E-state index contributed by atoms with van der Waals surface area (Å²) < 4.78 is 5.44. The van der Waals surface area contributed by atoms with E-state index in [1.807, 2.05) is 24.3 Å². The molecular weight excluding hydrogens is 216 g/mol. The van der Waals surface area contributed by atoms with Crippen molar-refractivity contribution in [2.75, 3.05) is 11.9 Å². The van der Waals surface area contributed by atoms with E-state index in [2.05, 4.69) is 5.32 Å². The van der Waals surface area contributed by atoms with Crippen molar-refractivity contribution < 1.29 is 9.53 Å². The highest BCUT2D eigenvalue weighted by Gasteiger charge is 2.22. The molecule has 1 unspecified atom stereocenters. The van der Waals surface area contributed by atoms with E-state index in [1.54, 1.807) is 0 Å². The van der Waals surface area contributed by atoms with Crippen LogP contribution in [0, 0.1) is 0 Å².